The van der Waals surface area contributed by atoms with E-state index in [1.807, 2.05) is 0 Å². The molecule has 0 aliphatic carbocycles. The molecule has 6 nitrogen and oxygen atoms in total. The molecule has 2 aromatic carbocycles. The lowest BCUT2D eigenvalue weighted by Gasteiger charge is -2.25. The molecule has 1 fully saturated rings. The predicted molar refractivity (Wildman–Crippen MR) is 115 cm³/mol. The zero-order valence-electron chi connectivity index (χ0n) is 16.1. The van der Waals surface area contributed by atoms with E-state index in [2.05, 4.69) is 5.32 Å². The van der Waals surface area contributed by atoms with Crippen LogP contribution in [0.15, 0.2) is 48.5 Å². The smallest absolute Gasteiger partial charge is 0.321 e. The van der Waals surface area contributed by atoms with E-state index in [1.54, 1.807) is 65.3 Å². The van der Waals surface area contributed by atoms with Crippen LogP contribution >= 0.6 is 23.2 Å². The van der Waals surface area contributed by atoms with Crippen molar-refractivity contribution in [3.8, 4) is 5.75 Å². The molecule has 2 aromatic rings. The van der Waals surface area contributed by atoms with Crippen LogP contribution < -0.4 is 10.1 Å². The van der Waals surface area contributed by atoms with Gasteiger partial charge in [-0.2, -0.15) is 0 Å². The van der Waals surface area contributed by atoms with E-state index in [1.165, 1.54) is 0 Å². The minimum absolute atomic E-state index is 0.109. The first kappa shape index (κ1) is 21.3. The molecule has 1 aliphatic heterocycles. The summed E-state index contributed by atoms with van der Waals surface area (Å²) in [7, 11) is 0. The number of amides is 3. The minimum atomic E-state index is -0.639. The van der Waals surface area contributed by atoms with Crippen molar-refractivity contribution in [2.24, 2.45) is 0 Å². The monoisotopic (exact) mass is 435 g/mol. The molecule has 1 atom stereocenters. The molecule has 0 saturated carbocycles. The van der Waals surface area contributed by atoms with E-state index >= 15 is 0 Å². The summed E-state index contributed by atoms with van der Waals surface area (Å²) in [5.41, 5.74) is 0.642. The third-order valence-electron chi connectivity index (χ3n) is 4.63. The Labute approximate surface area is 180 Å². The standard InChI is InChI=1S/C21H23Cl2N3O3/c1-15(29-19-8-3-6-17(23)14-19)20(27)25-9-4-10-26(12-11-25)21(28)24-18-7-2-5-16(22)13-18/h2-3,5-8,13-15H,4,9-12H2,1H3,(H,24,28). The molecule has 0 bridgehead atoms. The summed E-state index contributed by atoms with van der Waals surface area (Å²) in [6, 6.07) is 13.8. The zero-order chi connectivity index (χ0) is 20.8. The molecular weight excluding hydrogens is 413 g/mol. The van der Waals surface area contributed by atoms with Crippen LogP contribution in [0.4, 0.5) is 10.5 Å². The van der Waals surface area contributed by atoms with Crippen molar-refractivity contribution < 1.29 is 14.3 Å². The fourth-order valence-corrected chi connectivity index (χ4v) is 3.53. The summed E-state index contributed by atoms with van der Waals surface area (Å²) in [5.74, 6) is 0.442. The Bertz CT molecular complexity index is 878. The highest BCUT2D eigenvalue weighted by atomic mass is 35.5. The summed E-state index contributed by atoms with van der Waals surface area (Å²) < 4.78 is 5.73. The first-order valence-electron chi connectivity index (χ1n) is 9.45. The lowest BCUT2D eigenvalue weighted by atomic mass is 10.3. The van der Waals surface area contributed by atoms with Gasteiger partial charge in [-0.1, -0.05) is 35.3 Å². The Morgan fingerprint density at radius 1 is 0.966 bits per heavy atom. The normalized spacial score (nSPS) is 15.4. The van der Waals surface area contributed by atoms with Crippen LogP contribution in [-0.2, 0) is 4.79 Å². The number of benzene rings is 2. The maximum Gasteiger partial charge on any atom is 0.321 e. The Morgan fingerprint density at radius 2 is 1.62 bits per heavy atom. The number of anilines is 1. The largest absolute Gasteiger partial charge is 0.481 e. The summed E-state index contributed by atoms with van der Waals surface area (Å²) in [6.45, 7) is 3.76. The molecule has 3 amide bonds. The summed E-state index contributed by atoms with van der Waals surface area (Å²) in [6.07, 6.45) is 0.0544. The van der Waals surface area contributed by atoms with E-state index < -0.39 is 6.10 Å². The van der Waals surface area contributed by atoms with Gasteiger partial charge in [0.1, 0.15) is 5.75 Å². The second-order valence-electron chi connectivity index (χ2n) is 6.82. The molecule has 8 heteroatoms. The van der Waals surface area contributed by atoms with Crippen LogP contribution in [0.1, 0.15) is 13.3 Å². The minimum Gasteiger partial charge on any atom is -0.481 e. The van der Waals surface area contributed by atoms with Crippen LogP contribution in [0, 0.1) is 0 Å². The summed E-state index contributed by atoms with van der Waals surface area (Å²) >= 11 is 11.9. The van der Waals surface area contributed by atoms with Gasteiger partial charge in [0.25, 0.3) is 5.91 Å². The number of halogens is 2. The summed E-state index contributed by atoms with van der Waals surface area (Å²) in [4.78, 5) is 28.8. The fraction of sp³-hybridized carbons (Fsp3) is 0.333. The maximum atomic E-state index is 12.8. The van der Waals surface area contributed by atoms with Gasteiger partial charge >= 0.3 is 6.03 Å². The number of hydrogen-bond donors (Lipinski definition) is 1. The number of urea groups is 1. The Hall–Kier alpha value is -2.44. The van der Waals surface area contributed by atoms with Crippen LogP contribution in [0.2, 0.25) is 10.0 Å². The molecule has 29 heavy (non-hydrogen) atoms. The highest BCUT2D eigenvalue weighted by Crippen LogP contribution is 2.19. The van der Waals surface area contributed by atoms with Crippen molar-refractivity contribution >= 4 is 40.8 Å². The number of rotatable bonds is 4. The number of ether oxygens (including phenoxy) is 1. The average molecular weight is 436 g/mol. The van der Waals surface area contributed by atoms with Crippen molar-refractivity contribution in [2.75, 3.05) is 31.5 Å². The molecule has 154 valence electrons. The number of nitrogens with one attached hydrogen (secondary N) is 1. The Balaban J connectivity index is 1.54. The number of carbonyl (C=O) groups excluding carboxylic acids is 2. The molecule has 0 aromatic heterocycles. The summed E-state index contributed by atoms with van der Waals surface area (Å²) in [5, 5.41) is 3.96. The molecule has 1 saturated heterocycles. The second kappa shape index (κ2) is 9.85. The van der Waals surface area contributed by atoms with E-state index in [0.717, 1.165) is 0 Å². The van der Waals surface area contributed by atoms with E-state index in [-0.39, 0.29) is 11.9 Å². The van der Waals surface area contributed by atoms with E-state index in [9.17, 15) is 9.59 Å². The van der Waals surface area contributed by atoms with Crippen molar-refractivity contribution in [1.29, 1.82) is 0 Å². The fourth-order valence-electron chi connectivity index (χ4n) is 3.16. The molecule has 1 heterocycles. The molecular formula is C21H23Cl2N3O3. The SMILES string of the molecule is CC(Oc1cccc(Cl)c1)C(=O)N1CCCN(C(=O)Nc2cccc(Cl)c2)CC1. The van der Waals surface area contributed by atoms with Crippen molar-refractivity contribution in [2.45, 2.75) is 19.4 Å². The van der Waals surface area contributed by atoms with Gasteiger partial charge in [0.2, 0.25) is 0 Å². The van der Waals surface area contributed by atoms with Gasteiger partial charge in [-0.05, 0) is 49.7 Å². The van der Waals surface area contributed by atoms with Gasteiger partial charge < -0.3 is 19.9 Å². The maximum absolute atomic E-state index is 12.8. The van der Waals surface area contributed by atoms with Crippen molar-refractivity contribution in [1.82, 2.24) is 9.80 Å². The lowest BCUT2D eigenvalue weighted by Crippen LogP contribution is -2.43. The highest BCUT2D eigenvalue weighted by molar-refractivity contribution is 6.31. The first-order chi connectivity index (χ1) is 13.9. The quantitative estimate of drug-likeness (QED) is 0.767. The number of hydrogen-bond acceptors (Lipinski definition) is 3. The van der Waals surface area contributed by atoms with Crippen LogP contribution in [-0.4, -0.2) is 54.0 Å². The molecule has 1 aliphatic rings. The van der Waals surface area contributed by atoms with E-state index in [0.29, 0.717) is 54.1 Å². The van der Waals surface area contributed by atoms with Gasteiger partial charge in [-0.15, -0.1) is 0 Å². The van der Waals surface area contributed by atoms with Gasteiger partial charge in [0, 0.05) is 41.9 Å². The highest BCUT2D eigenvalue weighted by Gasteiger charge is 2.26. The van der Waals surface area contributed by atoms with Crippen LogP contribution in [0.25, 0.3) is 0 Å². The number of carbonyl (C=O) groups is 2. The van der Waals surface area contributed by atoms with Gasteiger partial charge in [0.05, 0.1) is 0 Å². The third kappa shape index (κ3) is 6.02. The molecule has 3 rings (SSSR count). The van der Waals surface area contributed by atoms with Crippen molar-refractivity contribution in [3.63, 3.8) is 0 Å². The van der Waals surface area contributed by atoms with Gasteiger partial charge in [0.15, 0.2) is 6.10 Å². The second-order valence-corrected chi connectivity index (χ2v) is 7.70. The van der Waals surface area contributed by atoms with Gasteiger partial charge in [-0.25, -0.2) is 4.79 Å². The van der Waals surface area contributed by atoms with Crippen LogP contribution in [0.3, 0.4) is 0 Å². The predicted octanol–water partition coefficient (Wildman–Crippen LogP) is 4.53. The molecule has 0 radical (unpaired) electrons. The van der Waals surface area contributed by atoms with Crippen molar-refractivity contribution in [3.05, 3.63) is 58.6 Å². The lowest BCUT2D eigenvalue weighted by molar-refractivity contribution is -0.137. The first-order valence-corrected chi connectivity index (χ1v) is 10.2. The third-order valence-corrected chi connectivity index (χ3v) is 5.10. The van der Waals surface area contributed by atoms with E-state index in [4.69, 9.17) is 27.9 Å². The average Bonchev–Trinajstić information content (AvgIpc) is 2.93. The molecule has 1 unspecified atom stereocenters. The zero-order valence-corrected chi connectivity index (χ0v) is 17.6. The Morgan fingerprint density at radius 3 is 2.34 bits per heavy atom. The Kier molecular flexibility index (Phi) is 7.23. The molecule has 0 spiro atoms. The van der Waals surface area contributed by atoms with Crippen LogP contribution in [0.5, 0.6) is 5.75 Å². The number of nitrogens with zero attached hydrogens (tertiary/aromatic N) is 2. The molecule has 1 N–H and O–H groups in total. The van der Waals surface area contributed by atoms with Gasteiger partial charge in [-0.3, -0.25) is 4.79 Å². The topological polar surface area (TPSA) is 61.9 Å².